The predicted octanol–water partition coefficient (Wildman–Crippen LogP) is 2.84. The molecule has 0 aliphatic carbocycles. The number of hydrogen-bond acceptors (Lipinski definition) is 6. The number of nitrogens with one attached hydrogen (secondary N) is 2. The van der Waals surface area contributed by atoms with E-state index in [0.717, 1.165) is 17.1 Å². The molecule has 1 heterocycles. The highest BCUT2D eigenvalue weighted by Crippen LogP contribution is 2.23. The second-order valence-electron chi connectivity index (χ2n) is 4.21. The van der Waals surface area contributed by atoms with Gasteiger partial charge in [-0.25, -0.2) is 15.8 Å². The zero-order valence-electron chi connectivity index (χ0n) is 11.2. The first kappa shape index (κ1) is 13.6. The van der Waals surface area contributed by atoms with Gasteiger partial charge in [-0.05, 0) is 37.3 Å². The van der Waals surface area contributed by atoms with Crippen LogP contribution < -0.4 is 16.6 Å². The highest BCUT2D eigenvalue weighted by Gasteiger charge is 2.05. The van der Waals surface area contributed by atoms with Gasteiger partial charge in [0.25, 0.3) is 0 Å². The lowest BCUT2D eigenvalue weighted by Gasteiger charge is -2.11. The number of thioether (sulfide) groups is 1. The molecular formula is C13H17N5S. The maximum atomic E-state index is 5.41. The van der Waals surface area contributed by atoms with Crippen LogP contribution in [-0.2, 0) is 0 Å². The minimum atomic E-state index is 0.590. The molecular weight excluding hydrogens is 258 g/mol. The molecule has 0 unspecified atom stereocenters. The Bertz CT molecular complexity index is 563. The largest absolute Gasteiger partial charge is 0.340 e. The van der Waals surface area contributed by atoms with Gasteiger partial charge in [-0.1, -0.05) is 23.9 Å². The third kappa shape index (κ3) is 3.36. The van der Waals surface area contributed by atoms with Crippen molar-refractivity contribution in [3.8, 4) is 0 Å². The summed E-state index contributed by atoms with van der Waals surface area (Å²) in [5.41, 5.74) is 5.95. The standard InChI is InChI=1S/C13H17N5S/c1-8-4-5-9(2)10(6-8)15-11-7-12(18-14)17-13(16-11)19-3/h4-7H,14H2,1-3H3,(H2,15,16,17,18). The van der Waals surface area contributed by atoms with Gasteiger partial charge in [0.2, 0.25) is 0 Å². The summed E-state index contributed by atoms with van der Waals surface area (Å²) in [6, 6.07) is 8.03. The fraction of sp³-hybridized carbons (Fsp3) is 0.231. The van der Waals surface area contributed by atoms with E-state index in [4.69, 9.17) is 5.84 Å². The summed E-state index contributed by atoms with van der Waals surface area (Å²) in [6.07, 6.45) is 1.93. The van der Waals surface area contributed by atoms with Crippen LogP contribution in [-0.4, -0.2) is 16.2 Å². The van der Waals surface area contributed by atoms with E-state index in [-0.39, 0.29) is 0 Å². The van der Waals surface area contributed by atoms with Crippen molar-refractivity contribution in [1.29, 1.82) is 0 Å². The van der Waals surface area contributed by atoms with E-state index in [1.807, 2.05) is 6.26 Å². The number of rotatable bonds is 4. The van der Waals surface area contributed by atoms with Gasteiger partial charge in [0.1, 0.15) is 11.6 Å². The highest BCUT2D eigenvalue weighted by atomic mass is 32.2. The van der Waals surface area contributed by atoms with Crippen LogP contribution in [0.1, 0.15) is 11.1 Å². The van der Waals surface area contributed by atoms with E-state index in [2.05, 4.69) is 52.8 Å². The first-order chi connectivity index (χ1) is 9.12. The van der Waals surface area contributed by atoms with Crippen LogP contribution in [0.25, 0.3) is 0 Å². The maximum absolute atomic E-state index is 5.41. The smallest absolute Gasteiger partial charge is 0.191 e. The predicted molar refractivity (Wildman–Crippen MR) is 80.8 cm³/mol. The Hall–Kier alpha value is -1.79. The van der Waals surface area contributed by atoms with Gasteiger partial charge in [0, 0.05) is 11.8 Å². The second kappa shape index (κ2) is 5.90. The third-order valence-corrected chi connectivity index (χ3v) is 3.24. The van der Waals surface area contributed by atoms with Crippen LogP contribution in [0.15, 0.2) is 29.4 Å². The van der Waals surface area contributed by atoms with E-state index >= 15 is 0 Å². The van der Waals surface area contributed by atoms with Crippen molar-refractivity contribution in [1.82, 2.24) is 9.97 Å². The fourth-order valence-electron chi connectivity index (χ4n) is 1.66. The van der Waals surface area contributed by atoms with Gasteiger partial charge in [-0.15, -0.1) is 0 Å². The molecule has 0 radical (unpaired) electrons. The number of benzene rings is 1. The molecule has 0 bridgehead atoms. The van der Waals surface area contributed by atoms with Crippen LogP contribution in [0.5, 0.6) is 0 Å². The van der Waals surface area contributed by atoms with Gasteiger partial charge in [-0.2, -0.15) is 0 Å². The molecule has 1 aromatic carbocycles. The molecule has 0 saturated heterocycles. The molecule has 19 heavy (non-hydrogen) atoms. The van der Waals surface area contributed by atoms with E-state index in [1.54, 1.807) is 6.07 Å². The van der Waals surface area contributed by atoms with Crippen molar-refractivity contribution in [2.75, 3.05) is 17.0 Å². The molecule has 0 atom stereocenters. The Balaban J connectivity index is 2.34. The topological polar surface area (TPSA) is 75.9 Å². The monoisotopic (exact) mass is 275 g/mol. The van der Waals surface area contributed by atoms with Crippen molar-refractivity contribution in [3.63, 3.8) is 0 Å². The van der Waals surface area contributed by atoms with Crippen LogP contribution in [0.4, 0.5) is 17.3 Å². The van der Waals surface area contributed by atoms with Crippen LogP contribution in [0.2, 0.25) is 0 Å². The fourth-order valence-corrected chi connectivity index (χ4v) is 2.04. The third-order valence-electron chi connectivity index (χ3n) is 2.69. The summed E-state index contributed by atoms with van der Waals surface area (Å²) in [4.78, 5) is 8.64. The molecule has 0 aliphatic rings. The summed E-state index contributed by atoms with van der Waals surface area (Å²) in [7, 11) is 0. The SMILES string of the molecule is CSc1nc(NN)cc(Nc2cc(C)ccc2C)n1. The number of hydrazine groups is 1. The highest BCUT2D eigenvalue weighted by molar-refractivity contribution is 7.98. The second-order valence-corrected chi connectivity index (χ2v) is 4.99. The molecule has 6 heteroatoms. The first-order valence-electron chi connectivity index (χ1n) is 5.86. The lowest BCUT2D eigenvalue weighted by Crippen LogP contribution is -2.10. The van der Waals surface area contributed by atoms with E-state index < -0.39 is 0 Å². The molecule has 0 aliphatic heterocycles. The number of anilines is 3. The number of hydrogen-bond donors (Lipinski definition) is 3. The van der Waals surface area contributed by atoms with Gasteiger partial charge in [0.15, 0.2) is 5.16 Å². The molecule has 2 aromatic rings. The zero-order valence-corrected chi connectivity index (χ0v) is 12.0. The molecule has 0 saturated carbocycles. The van der Waals surface area contributed by atoms with Crippen LogP contribution in [0.3, 0.4) is 0 Å². The van der Waals surface area contributed by atoms with Gasteiger partial charge < -0.3 is 10.7 Å². The average molecular weight is 275 g/mol. The Morgan fingerprint density at radius 2 is 1.84 bits per heavy atom. The van der Waals surface area contributed by atoms with Gasteiger partial charge in [-0.3, -0.25) is 0 Å². The quantitative estimate of drug-likeness (QED) is 0.345. The summed E-state index contributed by atoms with van der Waals surface area (Å²) in [6.45, 7) is 4.12. The molecule has 0 amide bonds. The number of nitrogen functional groups attached to an aromatic ring is 1. The molecule has 100 valence electrons. The minimum absolute atomic E-state index is 0.590. The Kier molecular flexibility index (Phi) is 4.24. The maximum Gasteiger partial charge on any atom is 0.191 e. The first-order valence-corrected chi connectivity index (χ1v) is 7.09. The van der Waals surface area contributed by atoms with Crippen molar-refractivity contribution in [3.05, 3.63) is 35.4 Å². The van der Waals surface area contributed by atoms with Crippen molar-refractivity contribution < 1.29 is 0 Å². The average Bonchev–Trinajstić information content (AvgIpc) is 2.42. The molecule has 0 fully saturated rings. The summed E-state index contributed by atoms with van der Waals surface area (Å²) >= 11 is 1.47. The summed E-state index contributed by atoms with van der Waals surface area (Å²) in [5, 5.41) is 3.97. The lowest BCUT2D eigenvalue weighted by atomic mass is 10.1. The molecule has 5 nitrogen and oxygen atoms in total. The Labute approximate surface area is 117 Å². The molecule has 1 aromatic heterocycles. The lowest BCUT2D eigenvalue weighted by molar-refractivity contribution is 0.971. The molecule has 0 spiro atoms. The number of aryl methyl sites for hydroxylation is 2. The zero-order chi connectivity index (χ0) is 13.8. The molecule has 4 N–H and O–H groups in total. The Morgan fingerprint density at radius 1 is 1.11 bits per heavy atom. The number of nitrogens with zero attached hydrogens (tertiary/aromatic N) is 2. The van der Waals surface area contributed by atoms with Crippen LogP contribution >= 0.6 is 11.8 Å². The number of nitrogens with two attached hydrogens (primary N) is 1. The summed E-state index contributed by atoms with van der Waals surface area (Å²) in [5.74, 6) is 6.73. The van der Waals surface area contributed by atoms with Gasteiger partial charge >= 0.3 is 0 Å². The number of aromatic nitrogens is 2. The molecule has 2 rings (SSSR count). The minimum Gasteiger partial charge on any atom is -0.340 e. The van der Waals surface area contributed by atoms with Gasteiger partial charge in [0.05, 0.1) is 0 Å². The van der Waals surface area contributed by atoms with Crippen molar-refractivity contribution in [2.24, 2.45) is 5.84 Å². The van der Waals surface area contributed by atoms with E-state index in [0.29, 0.717) is 11.0 Å². The van der Waals surface area contributed by atoms with Crippen LogP contribution in [0, 0.1) is 13.8 Å². The summed E-state index contributed by atoms with van der Waals surface area (Å²) < 4.78 is 0. The normalized spacial score (nSPS) is 10.3. The van der Waals surface area contributed by atoms with E-state index in [1.165, 1.54) is 17.3 Å². The van der Waals surface area contributed by atoms with Crippen molar-refractivity contribution >= 4 is 29.1 Å². The Morgan fingerprint density at radius 3 is 2.53 bits per heavy atom. The van der Waals surface area contributed by atoms with Crippen molar-refractivity contribution in [2.45, 2.75) is 19.0 Å². The van der Waals surface area contributed by atoms with E-state index in [9.17, 15) is 0 Å².